The third kappa shape index (κ3) is 1.24. The Hall–Kier alpha value is -1.22. The van der Waals surface area contributed by atoms with E-state index in [1.54, 1.807) is 5.57 Å². The van der Waals surface area contributed by atoms with Gasteiger partial charge in [0.2, 0.25) is 0 Å². The zero-order chi connectivity index (χ0) is 9.38. The Kier molecular flexibility index (Phi) is 1.84. The van der Waals surface area contributed by atoms with Gasteiger partial charge in [0.15, 0.2) is 0 Å². The molecule has 0 fully saturated rings. The lowest BCUT2D eigenvalue weighted by Crippen LogP contribution is -2.43. The van der Waals surface area contributed by atoms with Gasteiger partial charge in [-0.2, -0.15) is 0 Å². The molecule has 0 spiro atoms. The first-order chi connectivity index (χ1) is 6.93. The highest BCUT2D eigenvalue weighted by Crippen LogP contribution is 2.29. The van der Waals surface area contributed by atoms with Crippen LogP contribution in [0.3, 0.4) is 0 Å². The van der Waals surface area contributed by atoms with Crippen molar-refractivity contribution in [2.75, 3.05) is 13.2 Å². The Morgan fingerprint density at radius 1 is 1.21 bits per heavy atom. The van der Waals surface area contributed by atoms with Gasteiger partial charge in [0.05, 0.1) is 6.67 Å². The third-order valence-electron chi connectivity index (χ3n) is 3.05. The van der Waals surface area contributed by atoms with Crippen molar-refractivity contribution in [1.29, 1.82) is 0 Å². The fraction of sp³-hybridized carbons (Fsp3) is 0.455. The molecule has 0 saturated heterocycles. The smallest absolute Gasteiger partial charge is 0.105 e. The summed E-state index contributed by atoms with van der Waals surface area (Å²) in [5, 5.41) is 10.2. The van der Waals surface area contributed by atoms with Crippen LogP contribution in [0.2, 0.25) is 0 Å². The monoisotopic (exact) mass is 189 g/mol. The van der Waals surface area contributed by atoms with Crippen LogP contribution in [-0.2, 0) is 0 Å². The molecule has 2 heterocycles. The number of hydrogen-bond acceptors (Lipinski definition) is 3. The standard InChI is InChI=1S/C11H15N3/c1-2-4-10-8(3-1)5-9-6-12-7-13-11(9)14-10/h2,4,12-14H,1,3,5-7H2. The second kappa shape index (κ2) is 3.17. The Morgan fingerprint density at radius 3 is 3.21 bits per heavy atom. The van der Waals surface area contributed by atoms with Crippen molar-refractivity contribution >= 4 is 0 Å². The zero-order valence-electron chi connectivity index (χ0n) is 8.19. The van der Waals surface area contributed by atoms with Gasteiger partial charge in [-0.3, -0.25) is 5.32 Å². The first-order valence-corrected chi connectivity index (χ1v) is 5.26. The van der Waals surface area contributed by atoms with Crippen LogP contribution in [0.15, 0.2) is 34.8 Å². The van der Waals surface area contributed by atoms with Crippen molar-refractivity contribution in [3.05, 3.63) is 34.8 Å². The van der Waals surface area contributed by atoms with Gasteiger partial charge in [-0.15, -0.1) is 0 Å². The molecule has 0 amide bonds. The van der Waals surface area contributed by atoms with Crippen LogP contribution in [0.5, 0.6) is 0 Å². The average molecular weight is 189 g/mol. The normalized spacial score (nSPS) is 25.1. The average Bonchev–Trinajstić information content (AvgIpc) is 2.26. The maximum absolute atomic E-state index is 3.48. The SMILES string of the molecule is C1=CC2=C(CC1)CC1=C(NCNC1)N2. The number of hydrogen-bond donors (Lipinski definition) is 3. The topological polar surface area (TPSA) is 36.1 Å². The summed E-state index contributed by atoms with van der Waals surface area (Å²) in [6.45, 7) is 1.90. The molecule has 3 aliphatic rings. The Morgan fingerprint density at radius 2 is 2.21 bits per heavy atom. The van der Waals surface area contributed by atoms with Gasteiger partial charge in [-0.05, 0) is 36.5 Å². The molecule has 0 aromatic heterocycles. The van der Waals surface area contributed by atoms with E-state index < -0.39 is 0 Å². The van der Waals surface area contributed by atoms with Gasteiger partial charge < -0.3 is 10.6 Å². The molecular formula is C11H15N3. The van der Waals surface area contributed by atoms with Gasteiger partial charge in [0.1, 0.15) is 5.82 Å². The first-order valence-electron chi connectivity index (χ1n) is 5.26. The van der Waals surface area contributed by atoms with E-state index >= 15 is 0 Å². The van der Waals surface area contributed by atoms with Crippen molar-refractivity contribution in [3.8, 4) is 0 Å². The molecule has 0 unspecified atom stereocenters. The predicted molar refractivity (Wildman–Crippen MR) is 56.2 cm³/mol. The summed E-state index contributed by atoms with van der Waals surface area (Å²) >= 11 is 0. The molecule has 14 heavy (non-hydrogen) atoms. The summed E-state index contributed by atoms with van der Waals surface area (Å²) in [4.78, 5) is 0. The molecule has 0 radical (unpaired) electrons. The lowest BCUT2D eigenvalue weighted by molar-refractivity contribution is 0.561. The maximum Gasteiger partial charge on any atom is 0.105 e. The second-order valence-electron chi connectivity index (χ2n) is 4.02. The van der Waals surface area contributed by atoms with Gasteiger partial charge >= 0.3 is 0 Å². The minimum Gasteiger partial charge on any atom is -0.359 e. The second-order valence-corrected chi connectivity index (χ2v) is 4.02. The highest BCUT2D eigenvalue weighted by atomic mass is 15.2. The van der Waals surface area contributed by atoms with Crippen molar-refractivity contribution in [3.63, 3.8) is 0 Å². The van der Waals surface area contributed by atoms with E-state index in [0.29, 0.717) is 0 Å². The minimum absolute atomic E-state index is 0.873. The van der Waals surface area contributed by atoms with E-state index in [9.17, 15) is 0 Å². The molecule has 3 heteroatoms. The largest absolute Gasteiger partial charge is 0.359 e. The number of allylic oxidation sites excluding steroid dienone is 3. The highest BCUT2D eigenvalue weighted by Gasteiger charge is 2.21. The molecule has 74 valence electrons. The number of dihydropyridines is 1. The molecule has 3 rings (SSSR count). The van der Waals surface area contributed by atoms with Crippen molar-refractivity contribution < 1.29 is 0 Å². The summed E-state index contributed by atoms with van der Waals surface area (Å²) < 4.78 is 0. The number of nitrogens with one attached hydrogen (secondary N) is 3. The molecular weight excluding hydrogens is 174 g/mol. The van der Waals surface area contributed by atoms with Gasteiger partial charge in [-0.1, -0.05) is 6.08 Å². The maximum atomic E-state index is 3.48. The summed E-state index contributed by atoms with van der Waals surface area (Å²) in [5.41, 5.74) is 4.37. The molecule has 0 bridgehead atoms. The van der Waals surface area contributed by atoms with E-state index in [2.05, 4.69) is 28.1 Å². The van der Waals surface area contributed by atoms with Crippen molar-refractivity contribution in [2.24, 2.45) is 0 Å². The fourth-order valence-electron chi connectivity index (χ4n) is 2.28. The molecule has 1 aliphatic carbocycles. The van der Waals surface area contributed by atoms with Crippen molar-refractivity contribution in [1.82, 2.24) is 16.0 Å². The Labute approximate surface area is 84.0 Å². The summed E-state index contributed by atoms with van der Waals surface area (Å²) in [6, 6.07) is 0. The lowest BCUT2D eigenvalue weighted by atomic mass is 9.92. The molecule has 2 aliphatic heterocycles. The van der Waals surface area contributed by atoms with Crippen LogP contribution in [0, 0.1) is 0 Å². The molecule has 0 aromatic rings. The van der Waals surface area contributed by atoms with Crippen LogP contribution in [0.25, 0.3) is 0 Å². The van der Waals surface area contributed by atoms with Crippen LogP contribution in [0.1, 0.15) is 19.3 Å². The fourth-order valence-corrected chi connectivity index (χ4v) is 2.28. The molecule has 0 atom stereocenters. The molecule has 0 aromatic carbocycles. The van der Waals surface area contributed by atoms with Gasteiger partial charge in [0.25, 0.3) is 0 Å². The van der Waals surface area contributed by atoms with Crippen LogP contribution < -0.4 is 16.0 Å². The zero-order valence-corrected chi connectivity index (χ0v) is 8.19. The summed E-state index contributed by atoms with van der Waals surface area (Å²) in [7, 11) is 0. The van der Waals surface area contributed by atoms with E-state index in [0.717, 1.165) is 19.6 Å². The lowest BCUT2D eigenvalue weighted by Gasteiger charge is -2.31. The molecule has 0 saturated carbocycles. The van der Waals surface area contributed by atoms with Crippen LogP contribution in [-0.4, -0.2) is 13.2 Å². The van der Waals surface area contributed by atoms with Gasteiger partial charge in [-0.25, -0.2) is 0 Å². The quantitative estimate of drug-likeness (QED) is 0.531. The van der Waals surface area contributed by atoms with E-state index in [4.69, 9.17) is 0 Å². The van der Waals surface area contributed by atoms with Gasteiger partial charge in [0, 0.05) is 12.2 Å². The van der Waals surface area contributed by atoms with E-state index in [-0.39, 0.29) is 0 Å². The van der Waals surface area contributed by atoms with Crippen molar-refractivity contribution in [2.45, 2.75) is 19.3 Å². The first kappa shape index (κ1) is 8.12. The van der Waals surface area contributed by atoms with E-state index in [1.807, 2.05) is 0 Å². The Bertz CT molecular complexity index is 350. The summed E-state index contributed by atoms with van der Waals surface area (Å²) in [5.74, 6) is 1.23. The van der Waals surface area contributed by atoms with Crippen LogP contribution in [0.4, 0.5) is 0 Å². The third-order valence-corrected chi connectivity index (χ3v) is 3.05. The molecule has 3 N–H and O–H groups in total. The summed E-state index contributed by atoms with van der Waals surface area (Å²) in [6.07, 6.45) is 8.02. The van der Waals surface area contributed by atoms with Crippen LogP contribution >= 0.6 is 0 Å². The number of rotatable bonds is 0. The highest BCUT2D eigenvalue weighted by molar-refractivity contribution is 5.39. The predicted octanol–water partition coefficient (Wildman–Crippen LogP) is 0.946. The molecule has 3 nitrogen and oxygen atoms in total. The van der Waals surface area contributed by atoms with E-state index in [1.165, 1.54) is 29.9 Å². The Balaban J connectivity index is 1.88. The minimum atomic E-state index is 0.873.